The van der Waals surface area contributed by atoms with Crippen molar-refractivity contribution in [3.8, 4) is 11.5 Å². The molecule has 0 aliphatic carbocycles. The molecule has 4 rings (SSSR count). The average Bonchev–Trinajstić information content (AvgIpc) is 3.24. The molecule has 1 amide bonds. The lowest BCUT2D eigenvalue weighted by molar-refractivity contribution is 0.0998. The highest BCUT2D eigenvalue weighted by molar-refractivity contribution is 5.95. The molecule has 1 saturated heterocycles. The molecule has 6 heteroatoms. The lowest BCUT2D eigenvalue weighted by atomic mass is 9.93. The van der Waals surface area contributed by atoms with Crippen molar-refractivity contribution in [1.29, 1.82) is 0 Å². The maximum absolute atomic E-state index is 14.1. The minimum Gasteiger partial charge on any atom is -0.457 e. The van der Waals surface area contributed by atoms with Gasteiger partial charge in [-0.25, -0.2) is 9.37 Å². The highest BCUT2D eigenvalue weighted by atomic mass is 19.1. The number of nitrogens with zero attached hydrogens (tertiary/aromatic N) is 2. The summed E-state index contributed by atoms with van der Waals surface area (Å²) in [5.74, 6) is 1.19. The fourth-order valence-corrected chi connectivity index (χ4v) is 4.16. The predicted octanol–water partition coefficient (Wildman–Crippen LogP) is 5.23. The Bertz CT molecular complexity index is 1100. The average molecular weight is 420 g/mol. The Balaban J connectivity index is 1.59. The molecule has 0 saturated carbocycles. The Kier molecular flexibility index (Phi) is 5.89. The summed E-state index contributed by atoms with van der Waals surface area (Å²) in [6, 6.07) is 16.3. The lowest BCUT2D eigenvalue weighted by Crippen LogP contribution is -2.22. The van der Waals surface area contributed by atoms with Crippen molar-refractivity contribution >= 4 is 11.7 Å². The van der Waals surface area contributed by atoms with Crippen LogP contribution in [0.2, 0.25) is 0 Å². The highest BCUT2D eigenvalue weighted by Crippen LogP contribution is 2.36. The number of hydrogen-bond donors (Lipinski definition) is 1. The summed E-state index contributed by atoms with van der Waals surface area (Å²) in [5, 5.41) is 0. The molecule has 5 nitrogen and oxygen atoms in total. The first-order valence-corrected chi connectivity index (χ1v) is 10.5. The maximum atomic E-state index is 14.1. The quantitative estimate of drug-likeness (QED) is 0.594. The van der Waals surface area contributed by atoms with Gasteiger partial charge in [-0.1, -0.05) is 38.1 Å². The number of pyridine rings is 1. The van der Waals surface area contributed by atoms with Gasteiger partial charge in [0.05, 0.1) is 0 Å². The van der Waals surface area contributed by atoms with E-state index in [1.54, 1.807) is 18.3 Å². The molecule has 1 aliphatic rings. The second kappa shape index (κ2) is 8.76. The third-order valence-electron chi connectivity index (χ3n) is 5.73. The van der Waals surface area contributed by atoms with Gasteiger partial charge in [0.1, 0.15) is 11.5 Å². The van der Waals surface area contributed by atoms with Gasteiger partial charge in [0, 0.05) is 30.8 Å². The maximum Gasteiger partial charge on any atom is 0.249 e. The third-order valence-corrected chi connectivity index (χ3v) is 5.73. The first kappa shape index (κ1) is 20.8. The zero-order chi connectivity index (χ0) is 22.0. The fourth-order valence-electron chi connectivity index (χ4n) is 4.16. The van der Waals surface area contributed by atoms with E-state index in [1.165, 1.54) is 6.07 Å². The van der Waals surface area contributed by atoms with Crippen LogP contribution in [-0.4, -0.2) is 24.0 Å². The normalized spacial score (nSPS) is 16.0. The number of para-hydroxylation sites is 1. The number of rotatable bonds is 6. The minimum absolute atomic E-state index is 0.0564. The van der Waals surface area contributed by atoms with Crippen molar-refractivity contribution in [3.63, 3.8) is 0 Å². The van der Waals surface area contributed by atoms with Crippen LogP contribution >= 0.6 is 0 Å². The Hall–Kier alpha value is -3.41. The largest absolute Gasteiger partial charge is 0.457 e. The van der Waals surface area contributed by atoms with E-state index in [2.05, 4.69) is 18.8 Å². The predicted molar refractivity (Wildman–Crippen MR) is 119 cm³/mol. The number of amides is 1. The molecule has 3 aromatic rings. The minimum atomic E-state index is -0.500. The van der Waals surface area contributed by atoms with E-state index in [0.717, 1.165) is 23.3 Å². The number of benzene rings is 2. The smallest absolute Gasteiger partial charge is 0.249 e. The summed E-state index contributed by atoms with van der Waals surface area (Å²) in [6.07, 6.45) is 2.37. The second-order valence-corrected chi connectivity index (χ2v) is 8.15. The van der Waals surface area contributed by atoms with Crippen LogP contribution in [0, 0.1) is 5.82 Å². The topological polar surface area (TPSA) is 68.4 Å². The number of aromatic nitrogens is 1. The van der Waals surface area contributed by atoms with Gasteiger partial charge in [-0.05, 0) is 53.8 Å². The Morgan fingerprint density at radius 1 is 1.19 bits per heavy atom. The molecule has 2 N–H and O–H groups in total. The zero-order valence-corrected chi connectivity index (χ0v) is 17.7. The van der Waals surface area contributed by atoms with Gasteiger partial charge in [-0.15, -0.1) is 0 Å². The van der Waals surface area contributed by atoms with Gasteiger partial charge < -0.3 is 15.4 Å². The molecule has 0 bridgehead atoms. The molecule has 2 aromatic carbocycles. The molecule has 2 heterocycles. The van der Waals surface area contributed by atoms with Crippen molar-refractivity contribution in [2.45, 2.75) is 32.1 Å². The third kappa shape index (κ3) is 4.38. The summed E-state index contributed by atoms with van der Waals surface area (Å²) in [6.45, 7) is 5.45. The number of primary amides is 1. The van der Waals surface area contributed by atoms with Gasteiger partial charge in [-0.2, -0.15) is 0 Å². The summed E-state index contributed by atoms with van der Waals surface area (Å²) < 4.78 is 20.2. The lowest BCUT2D eigenvalue weighted by Gasteiger charge is -2.19. The van der Waals surface area contributed by atoms with Gasteiger partial charge in [0.2, 0.25) is 5.91 Å². The number of carbonyl (C=O) groups is 1. The zero-order valence-electron chi connectivity index (χ0n) is 17.7. The molecule has 1 atom stereocenters. The standard InChI is InChI=1S/C25H26FN3O2/c1-16(2)19-6-3-4-8-23(19)31-18-9-10-20(21(14-18)24(27)30)17-11-13-29(15-17)25-22(26)7-5-12-28-25/h3-10,12,14,16-17H,11,13,15H2,1-2H3,(H2,27,30). The second-order valence-electron chi connectivity index (χ2n) is 8.15. The number of nitrogens with two attached hydrogens (primary N) is 1. The van der Waals surface area contributed by atoms with Crippen molar-refractivity contribution in [2.24, 2.45) is 5.73 Å². The first-order valence-electron chi connectivity index (χ1n) is 10.5. The van der Waals surface area contributed by atoms with Crippen LogP contribution in [0.15, 0.2) is 60.8 Å². The number of ether oxygens (including phenoxy) is 1. The van der Waals surface area contributed by atoms with Gasteiger partial charge >= 0.3 is 0 Å². The van der Waals surface area contributed by atoms with Crippen LogP contribution in [0.5, 0.6) is 11.5 Å². The van der Waals surface area contributed by atoms with Gasteiger partial charge in [-0.3, -0.25) is 4.79 Å². The van der Waals surface area contributed by atoms with Crippen molar-refractivity contribution in [2.75, 3.05) is 18.0 Å². The SMILES string of the molecule is CC(C)c1ccccc1Oc1ccc(C2CCN(c3ncccc3F)C2)c(C(N)=O)c1. The Morgan fingerprint density at radius 2 is 2.00 bits per heavy atom. The van der Waals surface area contributed by atoms with E-state index in [0.29, 0.717) is 36.1 Å². The molecule has 1 aromatic heterocycles. The summed E-state index contributed by atoms with van der Waals surface area (Å²) in [7, 11) is 0. The summed E-state index contributed by atoms with van der Waals surface area (Å²) >= 11 is 0. The molecule has 160 valence electrons. The van der Waals surface area contributed by atoms with E-state index in [-0.39, 0.29) is 11.7 Å². The summed E-state index contributed by atoms with van der Waals surface area (Å²) in [4.78, 5) is 18.3. The number of halogens is 1. The van der Waals surface area contributed by atoms with Crippen molar-refractivity contribution < 1.29 is 13.9 Å². The number of anilines is 1. The molecule has 0 spiro atoms. The van der Waals surface area contributed by atoms with Crippen molar-refractivity contribution in [1.82, 2.24) is 4.98 Å². The highest BCUT2D eigenvalue weighted by Gasteiger charge is 2.29. The molecule has 1 fully saturated rings. The molecule has 1 aliphatic heterocycles. The van der Waals surface area contributed by atoms with Crippen LogP contribution in [0.25, 0.3) is 0 Å². The van der Waals surface area contributed by atoms with Crippen LogP contribution in [-0.2, 0) is 0 Å². The fraction of sp³-hybridized carbons (Fsp3) is 0.280. The van der Waals surface area contributed by atoms with Gasteiger partial charge in [0.15, 0.2) is 11.6 Å². The van der Waals surface area contributed by atoms with E-state index in [4.69, 9.17) is 10.5 Å². The monoisotopic (exact) mass is 419 g/mol. The van der Waals surface area contributed by atoms with Crippen LogP contribution in [0.3, 0.4) is 0 Å². The molecule has 0 radical (unpaired) electrons. The van der Waals surface area contributed by atoms with Crippen LogP contribution in [0.1, 0.15) is 53.6 Å². The molecular weight excluding hydrogens is 393 g/mol. The molecular formula is C25H26FN3O2. The molecule has 31 heavy (non-hydrogen) atoms. The van der Waals surface area contributed by atoms with Gasteiger partial charge in [0.25, 0.3) is 0 Å². The Labute approximate surface area is 181 Å². The van der Waals surface area contributed by atoms with Crippen LogP contribution < -0.4 is 15.4 Å². The van der Waals surface area contributed by atoms with E-state index >= 15 is 0 Å². The number of hydrogen-bond acceptors (Lipinski definition) is 4. The number of carbonyl (C=O) groups excluding carboxylic acids is 1. The Morgan fingerprint density at radius 3 is 2.74 bits per heavy atom. The van der Waals surface area contributed by atoms with E-state index in [9.17, 15) is 9.18 Å². The molecule has 1 unspecified atom stereocenters. The van der Waals surface area contributed by atoms with Crippen LogP contribution in [0.4, 0.5) is 10.2 Å². The summed E-state index contributed by atoms with van der Waals surface area (Å²) in [5.41, 5.74) is 8.10. The van der Waals surface area contributed by atoms with E-state index in [1.807, 2.05) is 41.3 Å². The van der Waals surface area contributed by atoms with E-state index < -0.39 is 5.91 Å². The first-order chi connectivity index (χ1) is 14.9. The van der Waals surface area contributed by atoms with Crippen molar-refractivity contribution in [3.05, 3.63) is 83.3 Å².